The number of nitrogens with zero attached hydrogens (tertiary/aromatic N) is 2. The Labute approximate surface area is 204 Å². The first kappa shape index (κ1) is 21.1. The molecule has 0 saturated heterocycles. The molecule has 0 bridgehead atoms. The summed E-state index contributed by atoms with van der Waals surface area (Å²) in [6.45, 7) is 4.23. The summed E-state index contributed by atoms with van der Waals surface area (Å²) in [5.74, 6) is 0.821. The number of fused-ring (bicyclic) bond motifs is 1. The van der Waals surface area contributed by atoms with Gasteiger partial charge in [-0.3, -0.25) is 9.97 Å². The van der Waals surface area contributed by atoms with Crippen LogP contribution in [0.15, 0.2) is 114 Å². The van der Waals surface area contributed by atoms with Crippen molar-refractivity contribution in [3.8, 4) is 44.8 Å². The zero-order valence-corrected chi connectivity index (χ0v) is 19.7. The Bertz CT molecular complexity index is 1660. The molecule has 3 nitrogen and oxygen atoms in total. The molecule has 3 heterocycles. The summed E-state index contributed by atoms with van der Waals surface area (Å²) in [5, 5.41) is 1.07. The summed E-state index contributed by atoms with van der Waals surface area (Å²) in [7, 11) is 0. The van der Waals surface area contributed by atoms with Gasteiger partial charge in [0.05, 0.1) is 5.69 Å². The van der Waals surface area contributed by atoms with Crippen LogP contribution >= 0.6 is 0 Å². The van der Waals surface area contributed by atoms with E-state index in [0.29, 0.717) is 0 Å². The molecule has 3 aromatic heterocycles. The highest BCUT2D eigenvalue weighted by molar-refractivity contribution is 5.92. The number of benzene rings is 3. The molecule has 6 rings (SSSR count). The van der Waals surface area contributed by atoms with Gasteiger partial charge in [-0.25, -0.2) is 0 Å². The second-order valence-electron chi connectivity index (χ2n) is 8.95. The molecule has 0 aliphatic rings. The molecule has 0 radical (unpaired) electrons. The highest BCUT2D eigenvalue weighted by Crippen LogP contribution is 2.38. The lowest BCUT2D eigenvalue weighted by atomic mass is 9.91. The van der Waals surface area contributed by atoms with Gasteiger partial charge in [0.15, 0.2) is 0 Å². The van der Waals surface area contributed by atoms with Crippen molar-refractivity contribution in [2.75, 3.05) is 0 Å². The summed E-state index contributed by atoms with van der Waals surface area (Å²) in [6.07, 6.45) is 5.47. The van der Waals surface area contributed by atoms with E-state index in [-0.39, 0.29) is 0 Å². The monoisotopic (exact) mass is 452 g/mol. The molecule has 6 aromatic rings. The predicted octanol–water partition coefficient (Wildman–Crippen LogP) is 8.51. The van der Waals surface area contributed by atoms with Crippen LogP contribution in [0, 0.1) is 13.8 Å². The highest BCUT2D eigenvalue weighted by atomic mass is 16.3. The summed E-state index contributed by atoms with van der Waals surface area (Å²) < 4.78 is 6.13. The Morgan fingerprint density at radius 3 is 2.26 bits per heavy atom. The van der Waals surface area contributed by atoms with E-state index < -0.39 is 0 Å². The molecule has 0 atom stereocenters. The molecule has 3 heteroatoms. The maximum Gasteiger partial charge on any atom is 0.136 e. The lowest BCUT2D eigenvalue weighted by Crippen LogP contribution is -1.90. The van der Waals surface area contributed by atoms with Crippen molar-refractivity contribution in [2.45, 2.75) is 13.8 Å². The van der Waals surface area contributed by atoms with Crippen LogP contribution in [-0.4, -0.2) is 9.97 Å². The molecular weight excluding hydrogens is 428 g/mol. The van der Waals surface area contributed by atoms with E-state index in [0.717, 1.165) is 39.1 Å². The molecule has 35 heavy (non-hydrogen) atoms. The van der Waals surface area contributed by atoms with Gasteiger partial charge in [0.1, 0.15) is 11.3 Å². The Balaban J connectivity index is 1.53. The largest absolute Gasteiger partial charge is 0.456 e. The fourth-order valence-corrected chi connectivity index (χ4v) is 4.56. The molecule has 0 saturated carbocycles. The lowest BCUT2D eigenvalue weighted by Gasteiger charge is -2.14. The normalized spacial score (nSPS) is 11.1. The Morgan fingerprint density at radius 2 is 1.43 bits per heavy atom. The average molecular weight is 453 g/mol. The summed E-state index contributed by atoms with van der Waals surface area (Å²) in [4.78, 5) is 8.85. The minimum absolute atomic E-state index is 0.821. The van der Waals surface area contributed by atoms with Crippen molar-refractivity contribution in [3.63, 3.8) is 0 Å². The topological polar surface area (TPSA) is 38.9 Å². The standard InChI is InChI=1S/C32H24N2O/c1-21-5-3-6-23(15-21)28-10-8-25(30-16-22(2)12-14-34-30)18-29(28)24-9-11-31-27(17-24)19-32(35-31)26-7-4-13-33-20-26/h3-20H,1-2H3. The fraction of sp³-hybridized carbons (Fsp3) is 0.0625. The highest BCUT2D eigenvalue weighted by Gasteiger charge is 2.13. The maximum atomic E-state index is 6.13. The van der Waals surface area contributed by atoms with Crippen molar-refractivity contribution in [1.82, 2.24) is 9.97 Å². The third kappa shape index (κ3) is 4.13. The molecule has 0 amide bonds. The summed E-state index contributed by atoms with van der Waals surface area (Å²) in [5.41, 5.74) is 11.1. The summed E-state index contributed by atoms with van der Waals surface area (Å²) in [6, 6.07) is 31.9. The van der Waals surface area contributed by atoms with Crippen molar-refractivity contribution in [3.05, 3.63) is 121 Å². The van der Waals surface area contributed by atoms with E-state index in [9.17, 15) is 0 Å². The smallest absolute Gasteiger partial charge is 0.136 e. The number of furan rings is 1. The van der Waals surface area contributed by atoms with Crippen LogP contribution in [0.2, 0.25) is 0 Å². The SMILES string of the molecule is Cc1cccc(-c2ccc(-c3cc(C)ccn3)cc2-c2ccc3oc(-c4cccnc4)cc3c2)c1. The first-order chi connectivity index (χ1) is 17.1. The zero-order chi connectivity index (χ0) is 23.8. The van der Waals surface area contributed by atoms with Crippen LogP contribution in [0.1, 0.15) is 11.1 Å². The number of aryl methyl sites for hydroxylation is 2. The van der Waals surface area contributed by atoms with Crippen LogP contribution in [0.3, 0.4) is 0 Å². The van der Waals surface area contributed by atoms with Crippen LogP contribution < -0.4 is 0 Å². The van der Waals surface area contributed by atoms with E-state index in [1.54, 1.807) is 6.20 Å². The van der Waals surface area contributed by atoms with Crippen molar-refractivity contribution in [1.29, 1.82) is 0 Å². The summed E-state index contributed by atoms with van der Waals surface area (Å²) >= 11 is 0. The molecular formula is C32H24N2O. The van der Waals surface area contributed by atoms with E-state index in [1.165, 1.54) is 27.8 Å². The quantitative estimate of drug-likeness (QED) is 0.269. The molecule has 0 unspecified atom stereocenters. The van der Waals surface area contributed by atoms with Gasteiger partial charge in [0, 0.05) is 35.1 Å². The second-order valence-corrected chi connectivity index (χ2v) is 8.95. The van der Waals surface area contributed by atoms with Gasteiger partial charge in [0.25, 0.3) is 0 Å². The Kier molecular flexibility index (Phi) is 5.23. The third-order valence-electron chi connectivity index (χ3n) is 6.33. The van der Waals surface area contributed by atoms with Gasteiger partial charge in [-0.2, -0.15) is 0 Å². The number of rotatable bonds is 4. The van der Waals surface area contributed by atoms with E-state index in [1.807, 2.05) is 30.6 Å². The van der Waals surface area contributed by atoms with Crippen LogP contribution in [-0.2, 0) is 0 Å². The van der Waals surface area contributed by atoms with Crippen molar-refractivity contribution < 1.29 is 4.42 Å². The first-order valence-electron chi connectivity index (χ1n) is 11.7. The van der Waals surface area contributed by atoms with E-state index in [4.69, 9.17) is 4.42 Å². The van der Waals surface area contributed by atoms with Crippen LogP contribution in [0.4, 0.5) is 0 Å². The Hall–Kier alpha value is -4.50. The first-order valence-corrected chi connectivity index (χ1v) is 11.7. The molecule has 0 N–H and O–H groups in total. The molecule has 168 valence electrons. The number of pyridine rings is 2. The maximum absolute atomic E-state index is 6.13. The predicted molar refractivity (Wildman–Crippen MR) is 143 cm³/mol. The van der Waals surface area contributed by atoms with Crippen LogP contribution in [0.5, 0.6) is 0 Å². The third-order valence-corrected chi connectivity index (χ3v) is 6.33. The minimum Gasteiger partial charge on any atom is -0.456 e. The van der Waals surface area contributed by atoms with E-state index in [2.05, 4.69) is 96.6 Å². The molecule has 0 aliphatic carbocycles. The molecule has 0 spiro atoms. The van der Waals surface area contributed by atoms with Gasteiger partial charge < -0.3 is 4.42 Å². The fourth-order valence-electron chi connectivity index (χ4n) is 4.56. The van der Waals surface area contributed by atoms with Gasteiger partial charge >= 0.3 is 0 Å². The van der Waals surface area contributed by atoms with Gasteiger partial charge in [-0.1, -0.05) is 48.0 Å². The van der Waals surface area contributed by atoms with Crippen molar-refractivity contribution >= 4 is 11.0 Å². The number of hydrogen-bond donors (Lipinski definition) is 0. The molecule has 0 fully saturated rings. The van der Waals surface area contributed by atoms with Gasteiger partial charge in [-0.05, 0) is 90.2 Å². The van der Waals surface area contributed by atoms with Crippen LogP contribution in [0.25, 0.3) is 55.8 Å². The number of aromatic nitrogens is 2. The van der Waals surface area contributed by atoms with E-state index >= 15 is 0 Å². The van der Waals surface area contributed by atoms with Gasteiger partial charge in [-0.15, -0.1) is 0 Å². The van der Waals surface area contributed by atoms with Crippen molar-refractivity contribution in [2.24, 2.45) is 0 Å². The number of hydrogen-bond acceptors (Lipinski definition) is 3. The average Bonchev–Trinajstić information content (AvgIpc) is 3.32. The zero-order valence-electron chi connectivity index (χ0n) is 19.7. The Morgan fingerprint density at radius 1 is 0.600 bits per heavy atom. The minimum atomic E-state index is 0.821. The second kappa shape index (κ2) is 8.69. The lowest BCUT2D eigenvalue weighted by molar-refractivity contribution is 0.631. The molecule has 0 aliphatic heterocycles. The van der Waals surface area contributed by atoms with Gasteiger partial charge in [0.2, 0.25) is 0 Å². The molecule has 3 aromatic carbocycles.